The Hall–Kier alpha value is -2.08. The first-order chi connectivity index (χ1) is 10.1. The molecule has 2 heterocycles. The van der Waals surface area contributed by atoms with Gasteiger partial charge in [0, 0.05) is 30.2 Å². The molecule has 2 aromatic rings. The summed E-state index contributed by atoms with van der Waals surface area (Å²) in [6.45, 7) is 1.68. The first-order valence-electron chi connectivity index (χ1n) is 7.25. The number of hydrogen-bond donors (Lipinski definition) is 2. The Kier molecular flexibility index (Phi) is 3.55. The van der Waals surface area contributed by atoms with Crippen molar-refractivity contribution >= 4 is 22.5 Å². The molecular weight excluding hydrogens is 266 g/mol. The van der Waals surface area contributed by atoms with Crippen LogP contribution in [0.25, 0.3) is 10.9 Å². The third-order valence-electron chi connectivity index (χ3n) is 4.00. The maximum atomic E-state index is 12.8. The molecule has 1 aliphatic rings. The van der Waals surface area contributed by atoms with Crippen LogP contribution in [0.5, 0.6) is 0 Å². The lowest BCUT2D eigenvalue weighted by Crippen LogP contribution is -2.41. The number of nitrogens with two attached hydrogens (primary N) is 1. The molecular formula is C15H21N5O. The number of hydrogen-bond acceptors (Lipinski definition) is 4. The van der Waals surface area contributed by atoms with Gasteiger partial charge in [0.2, 0.25) is 0 Å². The maximum absolute atomic E-state index is 12.8. The molecule has 1 aromatic heterocycles. The van der Waals surface area contributed by atoms with E-state index in [1.54, 1.807) is 6.07 Å². The van der Waals surface area contributed by atoms with E-state index in [1.165, 1.54) is 0 Å². The number of H-pyrrole nitrogens is 1. The molecule has 1 saturated heterocycles. The molecule has 6 heteroatoms. The number of likely N-dealkylation sites (tertiary alicyclic amines) is 1. The number of aromatic amines is 1. The average molecular weight is 287 g/mol. The Morgan fingerprint density at radius 2 is 2.33 bits per heavy atom. The van der Waals surface area contributed by atoms with Crippen molar-refractivity contribution in [3.8, 4) is 0 Å². The van der Waals surface area contributed by atoms with Crippen molar-refractivity contribution in [2.75, 3.05) is 32.9 Å². The molecule has 112 valence electrons. The highest BCUT2D eigenvalue weighted by Gasteiger charge is 2.31. The van der Waals surface area contributed by atoms with Crippen LogP contribution in [-0.2, 0) is 0 Å². The normalized spacial score (nSPS) is 18.8. The van der Waals surface area contributed by atoms with E-state index in [4.69, 9.17) is 5.73 Å². The fraction of sp³-hybridized carbons (Fsp3) is 0.467. The number of nitrogens with one attached hydrogen (secondary N) is 1. The largest absolute Gasteiger partial charge is 0.399 e. The Morgan fingerprint density at radius 1 is 1.52 bits per heavy atom. The Morgan fingerprint density at radius 3 is 3.10 bits per heavy atom. The molecule has 0 spiro atoms. The van der Waals surface area contributed by atoms with Gasteiger partial charge in [0.05, 0.1) is 5.52 Å². The summed E-state index contributed by atoms with van der Waals surface area (Å²) in [7, 11) is 4.07. The molecule has 0 bridgehead atoms. The van der Waals surface area contributed by atoms with E-state index in [2.05, 4.69) is 15.1 Å². The predicted octanol–water partition coefficient (Wildman–Crippen LogP) is 1.31. The second-order valence-corrected chi connectivity index (χ2v) is 5.93. The number of carbonyl (C=O) groups excluding carboxylic acids is 1. The summed E-state index contributed by atoms with van der Waals surface area (Å²) in [5.41, 5.74) is 7.79. The van der Waals surface area contributed by atoms with Crippen LogP contribution >= 0.6 is 0 Å². The third kappa shape index (κ3) is 2.58. The molecule has 3 N–H and O–H groups in total. The molecule has 6 nitrogen and oxygen atoms in total. The van der Waals surface area contributed by atoms with Crippen LogP contribution in [0.4, 0.5) is 5.69 Å². The molecule has 1 atom stereocenters. The van der Waals surface area contributed by atoms with Crippen molar-refractivity contribution in [2.24, 2.45) is 0 Å². The fourth-order valence-electron chi connectivity index (χ4n) is 3.05. The fourth-order valence-corrected chi connectivity index (χ4v) is 3.05. The quantitative estimate of drug-likeness (QED) is 0.834. The molecule has 0 saturated carbocycles. The summed E-state index contributed by atoms with van der Waals surface area (Å²) in [5.74, 6) is -0.00352. The van der Waals surface area contributed by atoms with Gasteiger partial charge in [-0.1, -0.05) is 0 Å². The second-order valence-electron chi connectivity index (χ2n) is 5.93. The van der Waals surface area contributed by atoms with Gasteiger partial charge in [0.25, 0.3) is 5.91 Å². The lowest BCUT2D eigenvalue weighted by atomic mass is 10.1. The van der Waals surface area contributed by atoms with Gasteiger partial charge >= 0.3 is 0 Å². The number of fused-ring (bicyclic) bond motifs is 1. The van der Waals surface area contributed by atoms with E-state index < -0.39 is 0 Å². The van der Waals surface area contributed by atoms with E-state index in [0.29, 0.717) is 11.4 Å². The third-order valence-corrected chi connectivity index (χ3v) is 4.00. The van der Waals surface area contributed by atoms with Crippen molar-refractivity contribution in [2.45, 2.75) is 18.9 Å². The number of aromatic nitrogens is 2. The molecule has 21 heavy (non-hydrogen) atoms. The number of carbonyl (C=O) groups is 1. The van der Waals surface area contributed by atoms with Gasteiger partial charge < -0.3 is 15.5 Å². The maximum Gasteiger partial charge on any atom is 0.275 e. The summed E-state index contributed by atoms with van der Waals surface area (Å²) >= 11 is 0. The van der Waals surface area contributed by atoms with E-state index in [9.17, 15) is 4.79 Å². The van der Waals surface area contributed by atoms with Crippen LogP contribution < -0.4 is 5.73 Å². The SMILES string of the molecule is CN(C)CC1CCCN1C(=O)c1n[nH]c2ccc(N)cc12. The minimum atomic E-state index is -0.00352. The van der Waals surface area contributed by atoms with Crippen molar-refractivity contribution in [1.82, 2.24) is 20.0 Å². The van der Waals surface area contributed by atoms with Crippen LogP contribution in [0.15, 0.2) is 18.2 Å². The van der Waals surface area contributed by atoms with E-state index in [0.717, 1.165) is 36.8 Å². The predicted molar refractivity (Wildman–Crippen MR) is 83.1 cm³/mol. The highest BCUT2D eigenvalue weighted by molar-refractivity contribution is 6.05. The smallest absolute Gasteiger partial charge is 0.275 e. The minimum Gasteiger partial charge on any atom is -0.399 e. The molecule has 0 aliphatic carbocycles. The van der Waals surface area contributed by atoms with Gasteiger partial charge in [-0.15, -0.1) is 0 Å². The van der Waals surface area contributed by atoms with Crippen LogP contribution in [0.3, 0.4) is 0 Å². The topological polar surface area (TPSA) is 78.2 Å². The average Bonchev–Trinajstić information content (AvgIpc) is 3.03. The van der Waals surface area contributed by atoms with Gasteiger partial charge in [-0.25, -0.2) is 0 Å². The molecule has 1 unspecified atom stereocenters. The number of amides is 1. The van der Waals surface area contributed by atoms with Gasteiger partial charge in [-0.3, -0.25) is 9.89 Å². The number of rotatable bonds is 3. The summed E-state index contributed by atoms with van der Waals surface area (Å²) in [6.07, 6.45) is 2.10. The van der Waals surface area contributed by atoms with E-state index in [-0.39, 0.29) is 11.9 Å². The van der Waals surface area contributed by atoms with Gasteiger partial charge in [-0.2, -0.15) is 5.10 Å². The lowest BCUT2D eigenvalue weighted by molar-refractivity contribution is 0.0712. The van der Waals surface area contributed by atoms with E-state index >= 15 is 0 Å². The Balaban J connectivity index is 1.91. The standard InChI is InChI=1S/C15H21N5O/c1-19(2)9-11-4-3-7-20(11)15(21)14-12-8-10(16)5-6-13(12)17-18-14/h5-6,8,11H,3-4,7,9,16H2,1-2H3,(H,17,18). The summed E-state index contributed by atoms with van der Waals surface area (Å²) in [5, 5.41) is 7.92. The first kappa shape index (κ1) is 13.9. The number of likely N-dealkylation sites (N-methyl/N-ethyl adjacent to an activating group) is 1. The highest BCUT2D eigenvalue weighted by atomic mass is 16.2. The number of benzene rings is 1. The molecule has 1 aliphatic heterocycles. The van der Waals surface area contributed by atoms with Crippen LogP contribution in [0.2, 0.25) is 0 Å². The molecule has 1 fully saturated rings. The van der Waals surface area contributed by atoms with Gasteiger partial charge in [0.1, 0.15) is 0 Å². The van der Waals surface area contributed by atoms with Crippen molar-refractivity contribution in [3.05, 3.63) is 23.9 Å². The van der Waals surface area contributed by atoms with Crippen LogP contribution in [0, 0.1) is 0 Å². The number of nitrogen functional groups attached to an aromatic ring is 1. The lowest BCUT2D eigenvalue weighted by Gasteiger charge is -2.26. The molecule has 0 radical (unpaired) electrons. The molecule has 1 amide bonds. The van der Waals surface area contributed by atoms with Crippen molar-refractivity contribution < 1.29 is 4.79 Å². The Labute approximate surface area is 123 Å². The minimum absolute atomic E-state index is 0.00352. The Bertz CT molecular complexity index is 663. The summed E-state index contributed by atoms with van der Waals surface area (Å²) in [4.78, 5) is 16.9. The van der Waals surface area contributed by atoms with Gasteiger partial charge in [-0.05, 0) is 45.1 Å². The zero-order chi connectivity index (χ0) is 15.0. The molecule has 1 aromatic carbocycles. The zero-order valence-corrected chi connectivity index (χ0v) is 12.5. The zero-order valence-electron chi connectivity index (χ0n) is 12.5. The number of nitrogens with zero attached hydrogens (tertiary/aromatic N) is 3. The number of anilines is 1. The summed E-state index contributed by atoms with van der Waals surface area (Å²) < 4.78 is 0. The molecule has 3 rings (SSSR count). The van der Waals surface area contributed by atoms with Crippen molar-refractivity contribution in [1.29, 1.82) is 0 Å². The first-order valence-corrected chi connectivity index (χ1v) is 7.25. The van der Waals surface area contributed by atoms with Crippen LogP contribution in [0.1, 0.15) is 23.3 Å². The van der Waals surface area contributed by atoms with Crippen molar-refractivity contribution in [3.63, 3.8) is 0 Å². The van der Waals surface area contributed by atoms with E-state index in [1.807, 2.05) is 31.1 Å². The monoisotopic (exact) mass is 287 g/mol. The van der Waals surface area contributed by atoms with Gasteiger partial charge in [0.15, 0.2) is 5.69 Å². The highest BCUT2D eigenvalue weighted by Crippen LogP contribution is 2.24. The van der Waals surface area contributed by atoms with Crippen LogP contribution in [-0.4, -0.2) is 59.1 Å². The summed E-state index contributed by atoms with van der Waals surface area (Å²) in [6, 6.07) is 5.73. The second kappa shape index (κ2) is 5.37.